The Bertz CT molecular complexity index is 656. The second-order valence-electron chi connectivity index (χ2n) is 7.12. The van der Waals surface area contributed by atoms with Gasteiger partial charge in [-0.2, -0.15) is 0 Å². The Morgan fingerprint density at radius 3 is 2.42 bits per heavy atom. The molecule has 1 aromatic rings. The third kappa shape index (κ3) is 4.47. The Hall–Kier alpha value is -0.950. The van der Waals surface area contributed by atoms with Crippen molar-refractivity contribution in [3.63, 3.8) is 0 Å². The van der Waals surface area contributed by atoms with Crippen LogP contribution in [0.3, 0.4) is 0 Å². The van der Waals surface area contributed by atoms with Crippen LogP contribution in [0.1, 0.15) is 36.0 Å². The second kappa shape index (κ2) is 7.97. The molecule has 0 unspecified atom stereocenters. The molecule has 0 atom stereocenters. The number of rotatable bonds is 4. The summed E-state index contributed by atoms with van der Waals surface area (Å²) in [7, 11) is 0. The molecule has 1 aliphatic carbocycles. The molecule has 8 heteroatoms. The number of alkyl halides is 2. The fraction of sp³-hybridized carbons (Fsp3) is 0.611. The molecular weight excluding hydrogens is 383 g/mol. The highest BCUT2D eigenvalue weighted by Gasteiger charge is 2.46. The summed E-state index contributed by atoms with van der Waals surface area (Å²) in [5, 5.41) is 6.94. The Balaban J connectivity index is 1.72. The van der Waals surface area contributed by atoms with Gasteiger partial charge in [-0.25, -0.2) is 8.78 Å². The Labute approximate surface area is 162 Å². The smallest absolute Gasteiger partial charge is 0.252 e. The molecule has 1 heterocycles. The predicted octanol–water partition coefficient (Wildman–Crippen LogP) is 3.58. The number of hydrogen-bond donors (Lipinski definition) is 2. The van der Waals surface area contributed by atoms with Crippen LogP contribution < -0.4 is 10.6 Å². The van der Waals surface area contributed by atoms with Gasteiger partial charge < -0.3 is 10.6 Å². The van der Waals surface area contributed by atoms with E-state index in [1.165, 1.54) is 6.07 Å². The first-order valence-electron chi connectivity index (χ1n) is 8.88. The summed E-state index contributed by atoms with van der Waals surface area (Å²) < 4.78 is 27.4. The van der Waals surface area contributed by atoms with Crippen LogP contribution in [-0.4, -0.2) is 55.0 Å². The molecule has 0 radical (unpaired) electrons. The zero-order chi connectivity index (χ0) is 18.8. The van der Waals surface area contributed by atoms with Gasteiger partial charge in [-0.3, -0.25) is 9.69 Å². The molecule has 0 aromatic heterocycles. The molecule has 3 rings (SSSR count). The van der Waals surface area contributed by atoms with Gasteiger partial charge in [0.2, 0.25) is 5.92 Å². The van der Waals surface area contributed by atoms with E-state index in [1.807, 2.05) is 0 Å². The van der Waals surface area contributed by atoms with Gasteiger partial charge in [0.1, 0.15) is 0 Å². The lowest BCUT2D eigenvalue weighted by atomic mass is 9.78. The third-order valence-electron chi connectivity index (χ3n) is 5.45. The normalized spacial score (nSPS) is 22.8. The number of nitrogens with one attached hydrogen (secondary N) is 2. The van der Waals surface area contributed by atoms with Gasteiger partial charge in [0.15, 0.2) is 0 Å². The maximum Gasteiger partial charge on any atom is 0.252 e. The molecule has 1 saturated heterocycles. The van der Waals surface area contributed by atoms with Crippen LogP contribution in [0, 0.1) is 0 Å². The van der Waals surface area contributed by atoms with E-state index in [9.17, 15) is 13.6 Å². The highest BCUT2D eigenvalue weighted by Crippen LogP contribution is 2.41. The van der Waals surface area contributed by atoms with Crippen LogP contribution in [-0.2, 0) is 0 Å². The van der Waals surface area contributed by atoms with Crippen molar-refractivity contribution in [2.75, 3.05) is 32.7 Å². The van der Waals surface area contributed by atoms with Crippen molar-refractivity contribution in [3.8, 4) is 0 Å². The number of carbonyl (C=O) groups excluding carboxylic acids is 1. The number of carbonyl (C=O) groups is 1. The fourth-order valence-electron chi connectivity index (χ4n) is 3.84. The Morgan fingerprint density at radius 1 is 1.15 bits per heavy atom. The fourth-order valence-corrected chi connectivity index (χ4v) is 4.33. The van der Waals surface area contributed by atoms with Crippen LogP contribution in [0.25, 0.3) is 0 Å². The van der Waals surface area contributed by atoms with Gasteiger partial charge in [0.05, 0.1) is 10.6 Å². The van der Waals surface area contributed by atoms with Gasteiger partial charge >= 0.3 is 0 Å². The molecule has 1 amide bonds. The minimum atomic E-state index is -2.61. The van der Waals surface area contributed by atoms with E-state index in [2.05, 4.69) is 15.5 Å². The van der Waals surface area contributed by atoms with Gasteiger partial charge in [-0.15, -0.1) is 0 Å². The molecule has 1 aliphatic heterocycles. The summed E-state index contributed by atoms with van der Waals surface area (Å²) in [6, 6.07) is 4.70. The van der Waals surface area contributed by atoms with E-state index in [0.717, 1.165) is 26.2 Å². The first kappa shape index (κ1) is 19.8. The zero-order valence-corrected chi connectivity index (χ0v) is 16.0. The maximum absolute atomic E-state index is 13.7. The summed E-state index contributed by atoms with van der Waals surface area (Å²) in [5.41, 5.74) is -0.0918. The summed E-state index contributed by atoms with van der Waals surface area (Å²) in [6.45, 7) is 3.58. The van der Waals surface area contributed by atoms with E-state index < -0.39 is 11.5 Å². The van der Waals surface area contributed by atoms with E-state index in [-0.39, 0.29) is 23.8 Å². The quantitative estimate of drug-likeness (QED) is 0.804. The zero-order valence-electron chi connectivity index (χ0n) is 14.5. The average molecular weight is 406 g/mol. The molecule has 4 nitrogen and oxygen atoms in total. The number of benzene rings is 1. The molecule has 0 bridgehead atoms. The van der Waals surface area contributed by atoms with Crippen molar-refractivity contribution in [2.24, 2.45) is 0 Å². The summed E-state index contributed by atoms with van der Waals surface area (Å²) in [4.78, 5) is 14.8. The monoisotopic (exact) mass is 405 g/mol. The van der Waals surface area contributed by atoms with E-state index in [1.54, 1.807) is 12.1 Å². The van der Waals surface area contributed by atoms with E-state index in [4.69, 9.17) is 23.2 Å². The average Bonchev–Trinajstić information content (AvgIpc) is 2.62. The summed E-state index contributed by atoms with van der Waals surface area (Å²) >= 11 is 12.0. The number of halogens is 4. The van der Waals surface area contributed by atoms with Crippen molar-refractivity contribution in [1.82, 2.24) is 15.5 Å². The number of nitrogens with zero attached hydrogens (tertiary/aromatic N) is 1. The Kier molecular flexibility index (Phi) is 6.07. The largest absolute Gasteiger partial charge is 0.350 e. The molecule has 26 heavy (non-hydrogen) atoms. The van der Waals surface area contributed by atoms with Gasteiger partial charge in [-0.1, -0.05) is 23.2 Å². The van der Waals surface area contributed by atoms with Crippen LogP contribution in [0.15, 0.2) is 18.2 Å². The molecule has 2 aliphatic rings. The predicted molar refractivity (Wildman–Crippen MR) is 99.4 cm³/mol. The van der Waals surface area contributed by atoms with Crippen LogP contribution >= 0.6 is 23.2 Å². The number of hydrogen-bond acceptors (Lipinski definition) is 3. The highest BCUT2D eigenvalue weighted by atomic mass is 35.5. The van der Waals surface area contributed by atoms with Crippen molar-refractivity contribution in [2.45, 2.75) is 37.1 Å². The van der Waals surface area contributed by atoms with E-state index >= 15 is 0 Å². The minimum absolute atomic E-state index is 0.144. The Morgan fingerprint density at radius 2 is 1.81 bits per heavy atom. The lowest BCUT2D eigenvalue weighted by Crippen LogP contribution is -2.62. The van der Waals surface area contributed by atoms with Crippen LogP contribution in [0.4, 0.5) is 8.78 Å². The lowest BCUT2D eigenvalue weighted by molar-refractivity contribution is -0.0831. The standard InChI is InChI=1S/C18H23Cl2F2N3O/c19-13-1-2-14(15(20)11-13)16(26)24-12-17(25-9-7-23-8-10-25)3-5-18(21,22)6-4-17/h1-2,11,23H,3-10,12H2,(H,24,26). The maximum atomic E-state index is 13.7. The molecule has 1 aromatic carbocycles. The molecule has 144 valence electrons. The third-order valence-corrected chi connectivity index (χ3v) is 6.00. The van der Waals surface area contributed by atoms with Crippen LogP contribution in [0.2, 0.25) is 10.0 Å². The van der Waals surface area contributed by atoms with Crippen molar-refractivity contribution >= 4 is 29.1 Å². The number of amides is 1. The molecule has 2 fully saturated rings. The molecule has 1 saturated carbocycles. The van der Waals surface area contributed by atoms with E-state index in [0.29, 0.717) is 30.0 Å². The topological polar surface area (TPSA) is 44.4 Å². The van der Waals surface area contributed by atoms with Crippen molar-refractivity contribution in [1.29, 1.82) is 0 Å². The van der Waals surface area contributed by atoms with Crippen molar-refractivity contribution < 1.29 is 13.6 Å². The minimum Gasteiger partial charge on any atom is -0.350 e. The van der Waals surface area contributed by atoms with Crippen molar-refractivity contribution in [3.05, 3.63) is 33.8 Å². The van der Waals surface area contributed by atoms with Gasteiger partial charge in [-0.05, 0) is 31.0 Å². The molecule has 0 spiro atoms. The summed E-state index contributed by atoms with van der Waals surface area (Å²) in [5.74, 6) is -2.92. The first-order valence-corrected chi connectivity index (χ1v) is 9.64. The summed E-state index contributed by atoms with van der Waals surface area (Å²) in [6.07, 6.45) is 0.451. The van der Waals surface area contributed by atoms with Gasteiger partial charge in [0.25, 0.3) is 5.91 Å². The van der Waals surface area contributed by atoms with Crippen LogP contribution in [0.5, 0.6) is 0 Å². The van der Waals surface area contributed by atoms with Gasteiger partial charge in [0, 0.05) is 56.1 Å². The second-order valence-corrected chi connectivity index (χ2v) is 7.97. The SMILES string of the molecule is O=C(NCC1(N2CCNCC2)CCC(F)(F)CC1)c1ccc(Cl)cc1Cl. The number of piperazine rings is 1. The first-order chi connectivity index (χ1) is 12.3. The molecular formula is C18H23Cl2F2N3O. The molecule has 2 N–H and O–H groups in total. The lowest BCUT2D eigenvalue weighted by Gasteiger charge is -2.49. The highest BCUT2D eigenvalue weighted by molar-refractivity contribution is 6.36.